The van der Waals surface area contributed by atoms with Gasteiger partial charge in [-0.05, 0) is 36.2 Å². The molecule has 0 spiro atoms. The van der Waals surface area contributed by atoms with Crippen molar-refractivity contribution in [2.45, 2.75) is 13.0 Å². The zero-order chi connectivity index (χ0) is 13.8. The fourth-order valence-electron chi connectivity index (χ4n) is 2.64. The molecule has 0 radical (unpaired) electrons. The molecular weight excluding hydrogens is 254 g/mol. The van der Waals surface area contributed by atoms with E-state index in [4.69, 9.17) is 4.74 Å². The van der Waals surface area contributed by atoms with E-state index in [-0.39, 0.29) is 0 Å². The van der Waals surface area contributed by atoms with Gasteiger partial charge in [-0.25, -0.2) is 0 Å². The lowest BCUT2D eigenvalue weighted by atomic mass is 10.1. The number of nitrogens with one attached hydrogen (secondary N) is 1. The molecule has 2 aromatic rings. The summed E-state index contributed by atoms with van der Waals surface area (Å²) in [5.41, 5.74) is 2.25. The van der Waals surface area contributed by atoms with Crippen LogP contribution in [0.3, 0.4) is 0 Å². The number of hydrogen-bond donors (Lipinski definition) is 1. The topological polar surface area (TPSA) is 66.9 Å². The predicted octanol–water partition coefficient (Wildman–Crippen LogP) is 1.33. The van der Waals surface area contributed by atoms with Crippen LogP contribution in [0.2, 0.25) is 0 Å². The minimum atomic E-state index is 0.638. The molecule has 1 N–H and O–H groups in total. The third kappa shape index (κ3) is 3.20. The summed E-state index contributed by atoms with van der Waals surface area (Å²) in [4.78, 5) is 2.34. The molecule has 2 heterocycles. The van der Waals surface area contributed by atoms with Crippen molar-refractivity contribution in [1.82, 2.24) is 25.5 Å². The molecule has 1 aromatic carbocycles. The van der Waals surface area contributed by atoms with Gasteiger partial charge in [-0.15, -0.1) is 10.2 Å². The summed E-state index contributed by atoms with van der Waals surface area (Å²) in [6.07, 6.45) is 1.17. The monoisotopic (exact) mass is 273 g/mol. The molecule has 0 unspecified atom stereocenters. The van der Waals surface area contributed by atoms with Gasteiger partial charge in [0.15, 0.2) is 0 Å². The van der Waals surface area contributed by atoms with Gasteiger partial charge in [0.2, 0.25) is 5.82 Å². The summed E-state index contributed by atoms with van der Waals surface area (Å²) in [5.74, 6) is 1.30. The standard InChI is InChI=1S/C14H19N5O/c1-19(9-12-5-6-20-10-12)8-11-3-2-4-13(7-11)14-15-17-18-16-14/h2-4,7,12H,5-6,8-10H2,1H3,(H,15,16,17,18)/t12-/m1/s1. The number of ether oxygens (including phenoxy) is 1. The highest BCUT2D eigenvalue weighted by molar-refractivity contribution is 5.54. The quantitative estimate of drug-likeness (QED) is 0.890. The van der Waals surface area contributed by atoms with Gasteiger partial charge in [-0.1, -0.05) is 18.2 Å². The predicted molar refractivity (Wildman–Crippen MR) is 74.9 cm³/mol. The Morgan fingerprint density at radius 1 is 1.45 bits per heavy atom. The molecule has 1 fully saturated rings. The molecule has 1 atom stereocenters. The minimum absolute atomic E-state index is 0.638. The molecular formula is C14H19N5O. The smallest absolute Gasteiger partial charge is 0.204 e. The SMILES string of the molecule is CN(Cc1cccc(-c2nn[nH]n2)c1)C[C@H]1CCOC1. The third-order valence-corrected chi connectivity index (χ3v) is 3.58. The number of aromatic nitrogens is 4. The molecule has 0 bridgehead atoms. The van der Waals surface area contributed by atoms with Crippen molar-refractivity contribution in [1.29, 1.82) is 0 Å². The fourth-order valence-corrected chi connectivity index (χ4v) is 2.64. The molecule has 6 heteroatoms. The first kappa shape index (κ1) is 13.2. The van der Waals surface area contributed by atoms with Crippen molar-refractivity contribution in [2.75, 3.05) is 26.8 Å². The minimum Gasteiger partial charge on any atom is -0.381 e. The first-order valence-corrected chi connectivity index (χ1v) is 6.90. The largest absolute Gasteiger partial charge is 0.381 e. The number of aromatic amines is 1. The zero-order valence-electron chi connectivity index (χ0n) is 11.6. The van der Waals surface area contributed by atoms with Gasteiger partial charge in [0.25, 0.3) is 0 Å². The van der Waals surface area contributed by atoms with Crippen LogP contribution < -0.4 is 0 Å². The van der Waals surface area contributed by atoms with Gasteiger partial charge < -0.3 is 9.64 Å². The first-order chi connectivity index (χ1) is 9.81. The Morgan fingerprint density at radius 2 is 2.40 bits per heavy atom. The van der Waals surface area contributed by atoms with Crippen LogP contribution in [0.1, 0.15) is 12.0 Å². The second-order valence-electron chi connectivity index (χ2n) is 5.36. The van der Waals surface area contributed by atoms with Crippen LogP contribution in [-0.2, 0) is 11.3 Å². The van der Waals surface area contributed by atoms with Crippen molar-refractivity contribution in [3.05, 3.63) is 29.8 Å². The van der Waals surface area contributed by atoms with Crippen molar-refractivity contribution in [3.8, 4) is 11.4 Å². The summed E-state index contributed by atoms with van der Waals surface area (Å²) >= 11 is 0. The molecule has 1 saturated heterocycles. The van der Waals surface area contributed by atoms with E-state index in [0.29, 0.717) is 11.7 Å². The summed E-state index contributed by atoms with van der Waals surface area (Å²) < 4.78 is 5.42. The number of H-pyrrole nitrogens is 1. The van der Waals surface area contributed by atoms with Gasteiger partial charge in [0.05, 0.1) is 6.61 Å². The number of nitrogens with zero attached hydrogens (tertiary/aromatic N) is 4. The maximum atomic E-state index is 5.42. The van der Waals surface area contributed by atoms with Crippen LogP contribution in [0.5, 0.6) is 0 Å². The zero-order valence-corrected chi connectivity index (χ0v) is 11.6. The number of benzene rings is 1. The van der Waals surface area contributed by atoms with Crippen molar-refractivity contribution >= 4 is 0 Å². The Labute approximate surface area is 118 Å². The van der Waals surface area contributed by atoms with E-state index < -0.39 is 0 Å². The van der Waals surface area contributed by atoms with Crippen molar-refractivity contribution in [2.24, 2.45) is 5.92 Å². The van der Waals surface area contributed by atoms with Gasteiger partial charge in [-0.2, -0.15) is 5.21 Å². The van der Waals surface area contributed by atoms with E-state index in [9.17, 15) is 0 Å². The summed E-state index contributed by atoms with van der Waals surface area (Å²) in [6.45, 7) is 3.80. The van der Waals surface area contributed by atoms with Gasteiger partial charge in [-0.3, -0.25) is 0 Å². The molecule has 1 aliphatic heterocycles. The molecule has 0 aliphatic carbocycles. The average molecular weight is 273 g/mol. The average Bonchev–Trinajstić information content (AvgIpc) is 3.11. The van der Waals surface area contributed by atoms with Crippen LogP contribution in [-0.4, -0.2) is 52.3 Å². The lowest BCUT2D eigenvalue weighted by Gasteiger charge is -2.20. The Balaban J connectivity index is 1.63. The summed E-state index contributed by atoms with van der Waals surface area (Å²) in [7, 11) is 2.15. The van der Waals surface area contributed by atoms with E-state index in [1.807, 2.05) is 12.1 Å². The van der Waals surface area contributed by atoms with Gasteiger partial charge in [0, 0.05) is 25.3 Å². The van der Waals surface area contributed by atoms with E-state index in [2.05, 4.69) is 44.7 Å². The molecule has 106 valence electrons. The first-order valence-electron chi connectivity index (χ1n) is 6.90. The maximum Gasteiger partial charge on any atom is 0.204 e. The number of rotatable bonds is 5. The van der Waals surface area contributed by atoms with Crippen molar-refractivity contribution in [3.63, 3.8) is 0 Å². The normalized spacial score (nSPS) is 18.8. The van der Waals surface area contributed by atoms with E-state index in [0.717, 1.165) is 31.9 Å². The number of tetrazole rings is 1. The Bertz CT molecular complexity index is 536. The Hall–Kier alpha value is -1.79. The van der Waals surface area contributed by atoms with E-state index in [1.54, 1.807) is 0 Å². The molecule has 20 heavy (non-hydrogen) atoms. The van der Waals surface area contributed by atoms with Crippen LogP contribution in [0, 0.1) is 5.92 Å². The van der Waals surface area contributed by atoms with Gasteiger partial charge >= 0.3 is 0 Å². The molecule has 1 aliphatic rings. The lowest BCUT2D eigenvalue weighted by Crippen LogP contribution is -2.25. The highest BCUT2D eigenvalue weighted by Crippen LogP contribution is 2.18. The highest BCUT2D eigenvalue weighted by atomic mass is 16.5. The summed E-state index contributed by atoms with van der Waals surface area (Å²) in [6, 6.07) is 8.28. The number of hydrogen-bond acceptors (Lipinski definition) is 5. The van der Waals surface area contributed by atoms with Gasteiger partial charge in [0.1, 0.15) is 0 Å². The van der Waals surface area contributed by atoms with E-state index >= 15 is 0 Å². The third-order valence-electron chi connectivity index (χ3n) is 3.58. The highest BCUT2D eigenvalue weighted by Gasteiger charge is 2.17. The second kappa shape index (κ2) is 6.11. The van der Waals surface area contributed by atoms with Crippen LogP contribution in [0.15, 0.2) is 24.3 Å². The van der Waals surface area contributed by atoms with Crippen LogP contribution >= 0.6 is 0 Å². The molecule has 1 aromatic heterocycles. The van der Waals surface area contributed by atoms with Crippen LogP contribution in [0.25, 0.3) is 11.4 Å². The molecule has 0 saturated carbocycles. The lowest BCUT2D eigenvalue weighted by molar-refractivity contribution is 0.173. The maximum absolute atomic E-state index is 5.42. The summed E-state index contributed by atoms with van der Waals surface area (Å²) in [5, 5.41) is 14.1. The molecule has 0 amide bonds. The molecule has 6 nitrogen and oxygen atoms in total. The second-order valence-corrected chi connectivity index (χ2v) is 5.36. The fraction of sp³-hybridized carbons (Fsp3) is 0.500. The Kier molecular flexibility index (Phi) is 4.03. The van der Waals surface area contributed by atoms with Crippen molar-refractivity contribution < 1.29 is 4.74 Å². The molecule has 3 rings (SSSR count). The van der Waals surface area contributed by atoms with E-state index in [1.165, 1.54) is 12.0 Å². The Morgan fingerprint density at radius 3 is 3.15 bits per heavy atom. The van der Waals surface area contributed by atoms with Crippen LogP contribution in [0.4, 0.5) is 0 Å².